The van der Waals surface area contributed by atoms with E-state index >= 15 is 8.78 Å². The Kier molecular flexibility index (Phi) is 8.58. The van der Waals surface area contributed by atoms with Gasteiger partial charge in [-0.2, -0.15) is 0 Å². The zero-order chi connectivity index (χ0) is 35.7. The van der Waals surface area contributed by atoms with E-state index in [0.717, 1.165) is 25.7 Å². The molecule has 0 radical (unpaired) electrons. The van der Waals surface area contributed by atoms with Gasteiger partial charge in [0.05, 0.1) is 23.4 Å². The SMILES string of the molecule is CC[C@H](NCl)C(=O)N(C)CC(=O)O[C@H]1C[C@@H]2[C@]3(CC[C@]4(C)[C@@H]([C@]5(C)CC[C@@H](C(C)(C)O)O5)[C@@H](O)C[C@@]24C)C[C@@]32CCC(F)(F)C(C)(C)[C@H]12. The summed E-state index contributed by atoms with van der Waals surface area (Å²) in [4.78, 5) is 30.3. The Hall–Kier alpha value is -1.07. The van der Waals surface area contributed by atoms with Crippen LogP contribution in [0.2, 0.25) is 0 Å². The first-order valence-electron chi connectivity index (χ1n) is 18.3. The summed E-state index contributed by atoms with van der Waals surface area (Å²) < 4.78 is 44.7. The van der Waals surface area contributed by atoms with Crippen LogP contribution in [0.5, 0.6) is 0 Å². The number of esters is 1. The van der Waals surface area contributed by atoms with Gasteiger partial charge in [-0.05, 0) is 118 Å². The van der Waals surface area contributed by atoms with Crippen molar-refractivity contribution in [1.29, 1.82) is 0 Å². The molecular formula is C37H59ClF2N2O6. The number of aliphatic hydroxyl groups excluding tert-OH is 1. The van der Waals surface area contributed by atoms with Crippen molar-refractivity contribution in [2.24, 2.45) is 44.8 Å². The van der Waals surface area contributed by atoms with Crippen molar-refractivity contribution >= 4 is 23.7 Å². The zero-order valence-electron chi connectivity index (χ0n) is 30.4. The summed E-state index contributed by atoms with van der Waals surface area (Å²) in [6.07, 6.45) is 4.01. The van der Waals surface area contributed by atoms with E-state index in [0.29, 0.717) is 32.1 Å². The predicted molar refractivity (Wildman–Crippen MR) is 178 cm³/mol. The van der Waals surface area contributed by atoms with E-state index in [9.17, 15) is 19.8 Å². The number of likely N-dealkylation sites (N-methyl/N-ethyl adjacent to an activating group) is 1. The van der Waals surface area contributed by atoms with E-state index in [4.69, 9.17) is 21.3 Å². The number of halogens is 3. The summed E-state index contributed by atoms with van der Waals surface area (Å²) >= 11 is 5.76. The number of amides is 1. The molecule has 8 nitrogen and oxygen atoms in total. The lowest BCUT2D eigenvalue weighted by molar-refractivity contribution is -0.252. The number of carbonyl (C=O) groups excluding carboxylic acids is 2. The van der Waals surface area contributed by atoms with Crippen molar-refractivity contribution in [2.45, 2.75) is 161 Å². The van der Waals surface area contributed by atoms with E-state index in [1.165, 1.54) is 11.9 Å². The molecule has 6 aliphatic rings. The Morgan fingerprint density at radius 3 is 2.27 bits per heavy atom. The number of ether oxygens (including phenoxy) is 2. The minimum absolute atomic E-state index is 0.0549. The Balaban J connectivity index is 1.34. The molecule has 2 spiro atoms. The van der Waals surface area contributed by atoms with E-state index in [1.54, 1.807) is 27.7 Å². The van der Waals surface area contributed by atoms with Crippen LogP contribution in [0.3, 0.4) is 0 Å². The van der Waals surface area contributed by atoms with Gasteiger partial charge in [-0.3, -0.25) is 9.59 Å². The molecule has 5 saturated carbocycles. The summed E-state index contributed by atoms with van der Waals surface area (Å²) in [6.45, 7) is 15.1. The van der Waals surface area contributed by atoms with Gasteiger partial charge in [0.25, 0.3) is 5.92 Å². The first-order chi connectivity index (χ1) is 22.0. The molecule has 274 valence electrons. The van der Waals surface area contributed by atoms with Crippen LogP contribution in [-0.2, 0) is 19.1 Å². The van der Waals surface area contributed by atoms with Crippen molar-refractivity contribution in [1.82, 2.24) is 9.74 Å². The summed E-state index contributed by atoms with van der Waals surface area (Å²) in [6, 6.07) is -0.656. The van der Waals surface area contributed by atoms with Gasteiger partial charge < -0.3 is 24.6 Å². The molecule has 1 saturated heterocycles. The molecule has 1 amide bonds. The van der Waals surface area contributed by atoms with E-state index < -0.39 is 52.7 Å². The minimum Gasteiger partial charge on any atom is -0.461 e. The van der Waals surface area contributed by atoms with Gasteiger partial charge in [0, 0.05) is 30.7 Å². The van der Waals surface area contributed by atoms with Crippen LogP contribution in [0.4, 0.5) is 8.78 Å². The summed E-state index contributed by atoms with van der Waals surface area (Å²) in [7, 11) is 1.52. The fourth-order valence-corrected chi connectivity index (χ4v) is 13.4. The van der Waals surface area contributed by atoms with Gasteiger partial charge in [-0.1, -0.05) is 34.6 Å². The van der Waals surface area contributed by atoms with Gasteiger partial charge in [0.15, 0.2) is 0 Å². The highest BCUT2D eigenvalue weighted by molar-refractivity contribution is 6.15. The number of alkyl halides is 2. The molecule has 48 heavy (non-hydrogen) atoms. The van der Waals surface area contributed by atoms with Crippen molar-refractivity contribution < 1.29 is 38.1 Å². The maximum atomic E-state index is 15.9. The molecule has 0 aromatic rings. The van der Waals surface area contributed by atoms with Crippen LogP contribution in [0.1, 0.15) is 120 Å². The Morgan fingerprint density at radius 2 is 1.69 bits per heavy atom. The molecule has 12 atom stereocenters. The van der Waals surface area contributed by atoms with Gasteiger partial charge in [-0.15, -0.1) is 0 Å². The summed E-state index contributed by atoms with van der Waals surface area (Å²) in [5.74, 6) is -4.50. The number of nitrogens with one attached hydrogen (secondary N) is 1. The van der Waals surface area contributed by atoms with Gasteiger partial charge in [0.2, 0.25) is 5.91 Å². The molecular weight excluding hydrogens is 642 g/mol. The second-order valence-electron chi connectivity index (χ2n) is 18.7. The summed E-state index contributed by atoms with van der Waals surface area (Å²) in [5.41, 5.74) is -4.21. The quantitative estimate of drug-likeness (QED) is 0.203. The zero-order valence-corrected chi connectivity index (χ0v) is 31.2. The Bertz CT molecular complexity index is 1320. The maximum absolute atomic E-state index is 15.9. The molecule has 0 aromatic carbocycles. The second kappa shape index (κ2) is 11.2. The molecule has 3 N–H and O–H groups in total. The number of hydrogen-bond donors (Lipinski definition) is 3. The van der Waals surface area contributed by atoms with E-state index in [1.807, 2.05) is 6.92 Å². The molecule has 6 fully saturated rings. The Morgan fingerprint density at radius 1 is 1.04 bits per heavy atom. The maximum Gasteiger partial charge on any atom is 0.325 e. The van der Waals surface area contributed by atoms with Crippen LogP contribution >= 0.6 is 11.8 Å². The number of rotatable bonds is 8. The molecule has 1 heterocycles. The van der Waals surface area contributed by atoms with Crippen LogP contribution in [0.25, 0.3) is 0 Å². The lowest BCUT2D eigenvalue weighted by Crippen LogP contribution is -2.64. The number of fused-ring (bicyclic) bond motifs is 2. The second-order valence-corrected chi connectivity index (χ2v) is 18.9. The van der Waals surface area contributed by atoms with Crippen LogP contribution < -0.4 is 4.84 Å². The van der Waals surface area contributed by atoms with Gasteiger partial charge >= 0.3 is 5.97 Å². The molecule has 5 aliphatic carbocycles. The van der Waals surface area contributed by atoms with Gasteiger partial charge in [0.1, 0.15) is 18.7 Å². The first kappa shape index (κ1) is 36.7. The molecule has 0 bridgehead atoms. The molecule has 0 aromatic heterocycles. The van der Waals surface area contributed by atoms with E-state index in [2.05, 4.69) is 25.6 Å². The largest absolute Gasteiger partial charge is 0.461 e. The van der Waals surface area contributed by atoms with Crippen molar-refractivity contribution in [3.63, 3.8) is 0 Å². The van der Waals surface area contributed by atoms with Crippen LogP contribution in [0.15, 0.2) is 0 Å². The molecule has 0 unspecified atom stereocenters. The molecule has 11 heteroatoms. The highest BCUT2D eigenvalue weighted by atomic mass is 35.5. The third-order valence-corrected chi connectivity index (χ3v) is 16.0. The minimum atomic E-state index is -2.91. The first-order valence-corrected chi connectivity index (χ1v) is 18.6. The average Bonchev–Trinajstić information content (AvgIpc) is 3.34. The highest BCUT2D eigenvalue weighted by Gasteiger charge is 2.86. The number of nitrogens with zero attached hydrogens (tertiary/aromatic N) is 1. The third-order valence-electron chi connectivity index (χ3n) is 15.7. The van der Waals surface area contributed by atoms with Crippen molar-refractivity contribution in [3.05, 3.63) is 0 Å². The standard InChI is InChI=1S/C37H59ClF2N2O6/c1-10-21(41-38)29(45)42(9)19-26(44)47-23-17-24-33(7)18-22(43)27(34(8)12-11-25(48-34)31(4,5)46)32(33,6)13-14-35(24)20-36(35)15-16-37(39,40)30(2,3)28(23)36/h21-25,27-28,41,43,46H,10-20H2,1-9H3/t21-,22-,23-,24-,25-,27-,28-,32+,33-,34-,35-,36+/m0/s1. The Labute approximate surface area is 290 Å². The van der Waals surface area contributed by atoms with Crippen molar-refractivity contribution in [3.8, 4) is 0 Å². The van der Waals surface area contributed by atoms with E-state index in [-0.39, 0.29) is 58.5 Å². The molecule has 1 aliphatic heterocycles. The summed E-state index contributed by atoms with van der Waals surface area (Å²) in [5, 5.41) is 22.8. The normalized spacial score (nSPS) is 47.6. The average molecular weight is 701 g/mol. The van der Waals surface area contributed by atoms with Crippen LogP contribution in [0, 0.1) is 44.8 Å². The monoisotopic (exact) mass is 700 g/mol. The highest BCUT2D eigenvalue weighted by Crippen LogP contribution is 2.90. The van der Waals surface area contributed by atoms with Gasteiger partial charge in [-0.25, -0.2) is 13.6 Å². The lowest BCUT2D eigenvalue weighted by Gasteiger charge is -2.65. The number of hydrogen-bond acceptors (Lipinski definition) is 7. The fraction of sp³-hybridized carbons (Fsp3) is 0.946. The smallest absolute Gasteiger partial charge is 0.325 e. The topological polar surface area (TPSA) is 108 Å². The fourth-order valence-electron chi connectivity index (χ4n) is 13.2. The van der Waals surface area contributed by atoms with Crippen molar-refractivity contribution in [2.75, 3.05) is 13.6 Å². The molecule has 6 rings (SSSR count). The predicted octanol–water partition coefficient (Wildman–Crippen LogP) is 6.24. The third kappa shape index (κ3) is 4.83. The lowest BCUT2D eigenvalue weighted by atomic mass is 9.41. The van der Waals surface area contributed by atoms with Crippen LogP contribution in [-0.4, -0.2) is 82.1 Å². The number of aliphatic hydroxyl groups is 2. The number of carbonyl (C=O) groups is 2.